The number of likely N-dealkylation sites (N-methyl/N-ethyl adjacent to an activating group) is 1. The number of nitrogens with zero attached hydrogens (tertiary/aromatic N) is 4. The summed E-state index contributed by atoms with van der Waals surface area (Å²) in [4.78, 5) is 8.45. The van der Waals surface area contributed by atoms with E-state index in [9.17, 15) is 0 Å². The lowest BCUT2D eigenvalue weighted by atomic mass is 10.1. The molecule has 0 aliphatic rings. The molecule has 0 saturated heterocycles. The molecule has 3 aromatic rings. The van der Waals surface area contributed by atoms with Crippen molar-refractivity contribution in [3.63, 3.8) is 0 Å². The quantitative estimate of drug-likeness (QED) is 0.281. The van der Waals surface area contributed by atoms with Gasteiger partial charge in [0.05, 0.1) is 13.1 Å². The highest BCUT2D eigenvalue weighted by Gasteiger charge is 2.06. The van der Waals surface area contributed by atoms with E-state index in [1.807, 2.05) is 34.5 Å². The summed E-state index contributed by atoms with van der Waals surface area (Å²) in [5.41, 5.74) is 2.45. The number of halogens is 1. The van der Waals surface area contributed by atoms with Crippen LogP contribution in [0.5, 0.6) is 0 Å². The highest BCUT2D eigenvalue weighted by molar-refractivity contribution is 14.0. The van der Waals surface area contributed by atoms with Crippen LogP contribution in [0.1, 0.15) is 22.9 Å². The summed E-state index contributed by atoms with van der Waals surface area (Å²) in [7, 11) is 2.10. The molecule has 150 valence electrons. The van der Waals surface area contributed by atoms with Crippen molar-refractivity contribution in [2.75, 3.05) is 20.1 Å². The normalized spacial score (nSPS) is 11.1. The first-order valence-corrected chi connectivity index (χ1v) is 10.2. The van der Waals surface area contributed by atoms with Crippen molar-refractivity contribution in [1.29, 1.82) is 0 Å². The van der Waals surface area contributed by atoms with E-state index in [1.165, 1.54) is 16.0 Å². The molecule has 0 unspecified atom stereocenters. The monoisotopic (exact) mass is 509 g/mol. The number of guanidine groups is 1. The summed E-state index contributed by atoms with van der Waals surface area (Å²) in [5, 5.41) is 9.81. The van der Waals surface area contributed by atoms with E-state index < -0.39 is 0 Å². The Labute approximate surface area is 188 Å². The van der Waals surface area contributed by atoms with Crippen LogP contribution < -0.4 is 5.32 Å². The maximum atomic E-state index is 4.83. The van der Waals surface area contributed by atoms with Crippen molar-refractivity contribution >= 4 is 41.3 Å². The molecule has 0 spiro atoms. The van der Waals surface area contributed by atoms with Gasteiger partial charge < -0.3 is 10.2 Å². The van der Waals surface area contributed by atoms with E-state index in [2.05, 4.69) is 71.1 Å². The molecule has 0 aliphatic carbocycles. The third-order valence-corrected chi connectivity index (χ3v) is 5.21. The Morgan fingerprint density at radius 2 is 2.07 bits per heavy atom. The lowest BCUT2D eigenvalue weighted by molar-refractivity contribution is 0.486. The molecule has 1 N–H and O–H groups in total. The van der Waals surface area contributed by atoms with Gasteiger partial charge in [-0.25, -0.2) is 4.99 Å². The standard InChI is InChI=1S/C21H27N5S.HI/c1-3-22-21(25(2)13-10-20-9-5-14-27-20)23-16-18-7-4-8-19(15-18)17-26-12-6-11-24-26;/h4-9,11-12,14-15H,3,10,13,16-17H2,1-2H3,(H,22,23);1H. The first kappa shape index (κ1) is 22.4. The fraction of sp³-hybridized carbons (Fsp3) is 0.333. The number of aromatic nitrogens is 2. The van der Waals surface area contributed by atoms with Crippen LogP contribution in [-0.4, -0.2) is 40.8 Å². The van der Waals surface area contributed by atoms with Crippen LogP contribution in [0.25, 0.3) is 0 Å². The van der Waals surface area contributed by atoms with Gasteiger partial charge in [0.15, 0.2) is 5.96 Å². The summed E-state index contributed by atoms with van der Waals surface area (Å²) in [5.74, 6) is 0.950. The molecule has 3 rings (SSSR count). The zero-order valence-electron chi connectivity index (χ0n) is 16.4. The van der Waals surface area contributed by atoms with Crippen molar-refractivity contribution in [3.05, 3.63) is 76.2 Å². The Bertz CT molecular complexity index is 830. The number of thiophene rings is 1. The molecule has 5 nitrogen and oxygen atoms in total. The molecule has 2 aromatic heterocycles. The van der Waals surface area contributed by atoms with E-state index >= 15 is 0 Å². The van der Waals surface area contributed by atoms with Gasteiger partial charge in [-0.05, 0) is 42.0 Å². The van der Waals surface area contributed by atoms with E-state index in [-0.39, 0.29) is 24.0 Å². The second kappa shape index (κ2) is 11.9. The fourth-order valence-corrected chi connectivity index (χ4v) is 3.58. The molecular formula is C21H28IN5S. The number of aliphatic imine (C=N–C) groups is 1. The molecule has 0 amide bonds. The molecule has 0 saturated carbocycles. The summed E-state index contributed by atoms with van der Waals surface area (Å²) in [6.07, 6.45) is 4.83. The highest BCUT2D eigenvalue weighted by atomic mass is 127. The molecule has 28 heavy (non-hydrogen) atoms. The van der Waals surface area contributed by atoms with Gasteiger partial charge in [0, 0.05) is 37.4 Å². The van der Waals surface area contributed by atoms with Crippen molar-refractivity contribution in [3.8, 4) is 0 Å². The molecule has 0 atom stereocenters. The average Bonchev–Trinajstić information content (AvgIpc) is 3.37. The Balaban J connectivity index is 0.00000280. The largest absolute Gasteiger partial charge is 0.357 e. The molecule has 0 aliphatic heterocycles. The number of nitrogens with one attached hydrogen (secondary N) is 1. The van der Waals surface area contributed by atoms with Gasteiger partial charge >= 0.3 is 0 Å². The first-order valence-electron chi connectivity index (χ1n) is 9.31. The van der Waals surface area contributed by atoms with Crippen LogP contribution in [-0.2, 0) is 19.5 Å². The zero-order chi connectivity index (χ0) is 18.9. The van der Waals surface area contributed by atoms with Crippen molar-refractivity contribution < 1.29 is 0 Å². The van der Waals surface area contributed by atoms with Crippen LogP contribution in [0.15, 0.2) is 65.2 Å². The van der Waals surface area contributed by atoms with Crippen LogP contribution in [0.3, 0.4) is 0 Å². The van der Waals surface area contributed by atoms with Crippen molar-refractivity contribution in [2.24, 2.45) is 4.99 Å². The Morgan fingerprint density at radius 1 is 1.21 bits per heavy atom. The van der Waals surface area contributed by atoms with Crippen LogP contribution >= 0.6 is 35.3 Å². The Hall–Kier alpha value is -1.87. The maximum absolute atomic E-state index is 4.83. The van der Waals surface area contributed by atoms with Gasteiger partial charge in [-0.1, -0.05) is 30.3 Å². The van der Waals surface area contributed by atoms with Gasteiger partial charge in [-0.2, -0.15) is 5.10 Å². The SMILES string of the molecule is CCNC(=NCc1cccc(Cn2cccn2)c1)N(C)CCc1cccs1.I. The number of rotatable bonds is 8. The summed E-state index contributed by atoms with van der Waals surface area (Å²) in [6.45, 7) is 5.37. The maximum Gasteiger partial charge on any atom is 0.193 e. The molecule has 7 heteroatoms. The smallest absolute Gasteiger partial charge is 0.193 e. The third kappa shape index (κ3) is 6.94. The number of hydrogen-bond acceptors (Lipinski definition) is 3. The lowest BCUT2D eigenvalue weighted by Gasteiger charge is -2.21. The topological polar surface area (TPSA) is 45.5 Å². The summed E-state index contributed by atoms with van der Waals surface area (Å²) >= 11 is 1.81. The first-order chi connectivity index (χ1) is 13.2. The summed E-state index contributed by atoms with van der Waals surface area (Å²) < 4.78 is 1.94. The molecule has 2 heterocycles. The third-order valence-electron chi connectivity index (χ3n) is 4.28. The molecule has 0 bridgehead atoms. The number of hydrogen-bond donors (Lipinski definition) is 1. The second-order valence-corrected chi connectivity index (χ2v) is 7.48. The van der Waals surface area contributed by atoms with Crippen LogP contribution in [0, 0.1) is 0 Å². The van der Waals surface area contributed by atoms with E-state index in [1.54, 1.807) is 0 Å². The van der Waals surface area contributed by atoms with Crippen molar-refractivity contribution in [1.82, 2.24) is 20.0 Å². The predicted octanol–water partition coefficient (Wildman–Crippen LogP) is 4.25. The van der Waals surface area contributed by atoms with E-state index in [0.29, 0.717) is 6.54 Å². The zero-order valence-corrected chi connectivity index (χ0v) is 19.6. The predicted molar refractivity (Wildman–Crippen MR) is 129 cm³/mol. The molecule has 0 radical (unpaired) electrons. The van der Waals surface area contributed by atoms with Crippen molar-refractivity contribution in [2.45, 2.75) is 26.4 Å². The second-order valence-electron chi connectivity index (χ2n) is 6.44. The average molecular weight is 509 g/mol. The lowest BCUT2D eigenvalue weighted by Crippen LogP contribution is -2.39. The fourth-order valence-electron chi connectivity index (χ4n) is 2.88. The minimum atomic E-state index is 0. The highest BCUT2D eigenvalue weighted by Crippen LogP contribution is 2.11. The Morgan fingerprint density at radius 3 is 2.79 bits per heavy atom. The Kier molecular flexibility index (Phi) is 9.49. The van der Waals surface area contributed by atoms with Gasteiger partial charge in [-0.15, -0.1) is 35.3 Å². The minimum Gasteiger partial charge on any atom is -0.357 e. The van der Waals surface area contributed by atoms with Gasteiger partial charge in [-0.3, -0.25) is 4.68 Å². The molecule has 0 fully saturated rings. The molecule has 1 aromatic carbocycles. The van der Waals surface area contributed by atoms with Crippen LogP contribution in [0.2, 0.25) is 0 Å². The van der Waals surface area contributed by atoms with Gasteiger partial charge in [0.1, 0.15) is 0 Å². The van der Waals surface area contributed by atoms with Crippen LogP contribution in [0.4, 0.5) is 0 Å². The van der Waals surface area contributed by atoms with E-state index in [0.717, 1.165) is 32.0 Å². The van der Waals surface area contributed by atoms with Gasteiger partial charge in [0.25, 0.3) is 0 Å². The van der Waals surface area contributed by atoms with Gasteiger partial charge in [0.2, 0.25) is 0 Å². The summed E-state index contributed by atoms with van der Waals surface area (Å²) in [6, 6.07) is 14.8. The minimum absolute atomic E-state index is 0. The number of benzene rings is 1. The molecular weight excluding hydrogens is 481 g/mol. The van der Waals surface area contributed by atoms with E-state index in [4.69, 9.17) is 4.99 Å².